The van der Waals surface area contributed by atoms with Crippen LogP contribution in [-0.2, 0) is 0 Å². The summed E-state index contributed by atoms with van der Waals surface area (Å²) >= 11 is 11.6. The van der Waals surface area contributed by atoms with Gasteiger partial charge < -0.3 is 14.1 Å². The Bertz CT molecular complexity index is 1650. The lowest BCUT2D eigenvalue weighted by molar-refractivity contribution is 0.404. The number of rotatable bonds is 4. The molecule has 0 aliphatic carbocycles. The van der Waals surface area contributed by atoms with Crippen molar-refractivity contribution in [3.05, 3.63) is 81.3 Å². The quantitative estimate of drug-likeness (QED) is 0.261. The van der Waals surface area contributed by atoms with Gasteiger partial charge >= 0.3 is 0 Å². The topological polar surface area (TPSA) is 86.3 Å². The Morgan fingerprint density at radius 3 is 2.76 bits per heavy atom. The lowest BCUT2D eigenvalue weighted by Gasteiger charge is -2.19. The van der Waals surface area contributed by atoms with E-state index in [1.165, 1.54) is 17.9 Å². The van der Waals surface area contributed by atoms with E-state index < -0.39 is 5.56 Å². The molecule has 0 bridgehead atoms. The first kappa shape index (κ1) is 21.0. The van der Waals surface area contributed by atoms with Gasteiger partial charge in [-0.05, 0) is 54.7 Å². The lowest BCUT2D eigenvalue weighted by atomic mass is 10.2. The maximum atomic E-state index is 13.2. The maximum absolute atomic E-state index is 13.2. The van der Waals surface area contributed by atoms with Gasteiger partial charge in [-0.25, -0.2) is 19.5 Å². The van der Waals surface area contributed by atoms with Crippen molar-refractivity contribution in [1.82, 2.24) is 19.5 Å². The standard InChI is InChI=1S/C23H16ClN5O3S/c1-28(16-4-3-10-26-21(16)24)18-8-5-13-12-14(6-7-15(13)27-18)29-22(30)19-20(32-23(29)33)17(31-2)9-11-25-19/h3-12H,1-2H3. The molecule has 0 saturated carbocycles. The minimum atomic E-state index is -0.393. The molecule has 0 unspecified atom stereocenters. The lowest BCUT2D eigenvalue weighted by Crippen LogP contribution is -2.20. The van der Waals surface area contributed by atoms with E-state index in [0.29, 0.717) is 22.4 Å². The van der Waals surface area contributed by atoms with Gasteiger partial charge in [0.15, 0.2) is 16.4 Å². The second-order valence-corrected chi connectivity index (χ2v) is 7.83. The fourth-order valence-electron chi connectivity index (χ4n) is 3.57. The molecule has 0 aliphatic rings. The van der Waals surface area contributed by atoms with Crippen LogP contribution in [0.15, 0.2) is 70.1 Å². The molecule has 0 aliphatic heterocycles. The summed E-state index contributed by atoms with van der Waals surface area (Å²) < 4.78 is 12.3. The van der Waals surface area contributed by atoms with Crippen molar-refractivity contribution in [3.63, 3.8) is 0 Å². The van der Waals surface area contributed by atoms with Gasteiger partial charge in [0.2, 0.25) is 5.58 Å². The number of halogens is 1. The summed E-state index contributed by atoms with van der Waals surface area (Å²) in [4.78, 5) is 28.0. The fourth-order valence-corrected chi connectivity index (χ4v) is 4.08. The zero-order chi connectivity index (χ0) is 23.1. The molecule has 33 heavy (non-hydrogen) atoms. The fraction of sp³-hybridized carbons (Fsp3) is 0.0870. The second-order valence-electron chi connectivity index (χ2n) is 7.12. The number of fused-ring (bicyclic) bond motifs is 2. The maximum Gasteiger partial charge on any atom is 0.288 e. The zero-order valence-corrected chi connectivity index (χ0v) is 19.1. The Labute approximate surface area is 197 Å². The van der Waals surface area contributed by atoms with E-state index in [1.807, 2.05) is 48.3 Å². The summed E-state index contributed by atoms with van der Waals surface area (Å²) in [6.07, 6.45) is 3.12. The molecule has 0 saturated heterocycles. The van der Waals surface area contributed by atoms with Crippen LogP contribution >= 0.6 is 23.8 Å². The van der Waals surface area contributed by atoms with Gasteiger partial charge in [0.1, 0.15) is 5.82 Å². The molecule has 8 nitrogen and oxygen atoms in total. The number of benzene rings is 1. The largest absolute Gasteiger partial charge is 0.493 e. The predicted molar refractivity (Wildman–Crippen MR) is 130 cm³/mol. The number of hydrogen-bond donors (Lipinski definition) is 0. The van der Waals surface area contributed by atoms with Gasteiger partial charge in [0.25, 0.3) is 10.4 Å². The van der Waals surface area contributed by atoms with Crippen LogP contribution in [0.2, 0.25) is 5.15 Å². The third-order valence-electron chi connectivity index (χ3n) is 5.23. The number of aromatic nitrogens is 4. The van der Waals surface area contributed by atoms with Gasteiger partial charge in [-0.1, -0.05) is 11.6 Å². The van der Waals surface area contributed by atoms with Crippen molar-refractivity contribution in [2.24, 2.45) is 0 Å². The Morgan fingerprint density at radius 2 is 1.97 bits per heavy atom. The number of methoxy groups -OCH3 is 1. The van der Waals surface area contributed by atoms with Crippen LogP contribution in [0.1, 0.15) is 0 Å². The van der Waals surface area contributed by atoms with Crippen LogP contribution < -0.4 is 15.2 Å². The Balaban J connectivity index is 1.61. The van der Waals surface area contributed by atoms with Crippen LogP contribution in [-0.4, -0.2) is 33.7 Å². The molecule has 10 heteroatoms. The molecular formula is C23H16ClN5O3S. The van der Waals surface area contributed by atoms with E-state index in [9.17, 15) is 4.79 Å². The molecule has 0 atom stereocenters. The van der Waals surface area contributed by atoms with Crippen molar-refractivity contribution >= 4 is 57.3 Å². The van der Waals surface area contributed by atoms with Crippen molar-refractivity contribution < 1.29 is 9.15 Å². The van der Waals surface area contributed by atoms with Gasteiger partial charge in [-0.2, -0.15) is 0 Å². The predicted octanol–water partition coefficient (Wildman–Crippen LogP) is 5.08. The van der Waals surface area contributed by atoms with Crippen molar-refractivity contribution in [2.75, 3.05) is 19.1 Å². The van der Waals surface area contributed by atoms with Crippen molar-refractivity contribution in [1.29, 1.82) is 0 Å². The monoisotopic (exact) mass is 477 g/mol. The highest BCUT2D eigenvalue weighted by Crippen LogP contribution is 2.29. The molecule has 0 amide bonds. The van der Waals surface area contributed by atoms with Gasteiger partial charge in [0, 0.05) is 30.9 Å². The number of ether oxygens (including phenoxy) is 1. The molecule has 4 heterocycles. The van der Waals surface area contributed by atoms with Gasteiger partial charge in [-0.15, -0.1) is 0 Å². The Kier molecular flexibility index (Phi) is 5.27. The Hall–Kier alpha value is -3.82. The number of nitrogens with zero attached hydrogens (tertiary/aromatic N) is 5. The van der Waals surface area contributed by atoms with Crippen molar-refractivity contribution in [3.8, 4) is 11.4 Å². The SMILES string of the molecule is COc1ccnc2c(=O)n(-c3ccc4nc(N(C)c5cccnc5Cl)ccc4c3)c(=S)oc12. The molecule has 0 N–H and O–H groups in total. The third kappa shape index (κ3) is 3.61. The van der Waals surface area contributed by atoms with Crippen LogP contribution in [0, 0.1) is 4.84 Å². The Morgan fingerprint density at radius 1 is 1.12 bits per heavy atom. The molecule has 0 spiro atoms. The summed E-state index contributed by atoms with van der Waals surface area (Å²) in [6, 6.07) is 14.5. The summed E-state index contributed by atoms with van der Waals surface area (Å²) in [7, 11) is 3.36. The van der Waals surface area contributed by atoms with E-state index >= 15 is 0 Å². The molecular weight excluding hydrogens is 462 g/mol. The average Bonchev–Trinajstić information content (AvgIpc) is 2.83. The van der Waals surface area contributed by atoms with Crippen LogP contribution in [0.4, 0.5) is 11.5 Å². The average molecular weight is 478 g/mol. The third-order valence-corrected chi connectivity index (χ3v) is 5.78. The minimum absolute atomic E-state index is 0.00585. The first-order chi connectivity index (χ1) is 16.0. The molecule has 0 fully saturated rings. The van der Waals surface area contributed by atoms with E-state index in [1.54, 1.807) is 18.3 Å². The minimum Gasteiger partial charge on any atom is -0.493 e. The summed E-state index contributed by atoms with van der Waals surface area (Å²) in [5.74, 6) is 1.09. The highest BCUT2D eigenvalue weighted by Gasteiger charge is 2.15. The highest BCUT2D eigenvalue weighted by molar-refractivity contribution is 7.71. The van der Waals surface area contributed by atoms with Crippen LogP contribution in [0.25, 0.3) is 27.7 Å². The zero-order valence-electron chi connectivity index (χ0n) is 17.5. The molecule has 5 aromatic rings. The van der Waals surface area contributed by atoms with Crippen LogP contribution in [0.3, 0.4) is 0 Å². The summed E-state index contributed by atoms with van der Waals surface area (Å²) in [5, 5.41) is 1.21. The molecule has 1 aromatic carbocycles. The first-order valence-corrected chi connectivity index (χ1v) is 10.6. The summed E-state index contributed by atoms with van der Waals surface area (Å²) in [5.41, 5.74) is 1.98. The van der Waals surface area contributed by atoms with Crippen molar-refractivity contribution in [2.45, 2.75) is 0 Å². The number of pyridine rings is 3. The molecule has 5 rings (SSSR count). The van der Waals surface area contributed by atoms with E-state index in [4.69, 9.17) is 38.0 Å². The number of anilines is 2. The molecule has 4 aromatic heterocycles. The molecule has 164 valence electrons. The normalized spacial score (nSPS) is 11.1. The smallest absolute Gasteiger partial charge is 0.288 e. The summed E-state index contributed by atoms with van der Waals surface area (Å²) in [6.45, 7) is 0. The highest BCUT2D eigenvalue weighted by atomic mass is 35.5. The van der Waals surface area contributed by atoms with E-state index in [0.717, 1.165) is 16.6 Å². The van der Waals surface area contributed by atoms with E-state index in [-0.39, 0.29) is 15.9 Å². The van der Waals surface area contributed by atoms with E-state index in [2.05, 4.69) is 9.97 Å². The van der Waals surface area contributed by atoms with Gasteiger partial charge in [0.05, 0.1) is 24.0 Å². The van der Waals surface area contributed by atoms with Gasteiger partial charge in [-0.3, -0.25) is 4.79 Å². The molecule has 0 radical (unpaired) electrons. The van der Waals surface area contributed by atoms with Crippen LogP contribution in [0.5, 0.6) is 5.75 Å². The first-order valence-electron chi connectivity index (χ1n) is 9.82. The number of hydrogen-bond acceptors (Lipinski definition) is 8. The second kappa shape index (κ2) is 8.27.